The highest BCUT2D eigenvalue weighted by Gasteiger charge is 2.15. The summed E-state index contributed by atoms with van der Waals surface area (Å²) in [7, 11) is 0. The van der Waals surface area contributed by atoms with Gasteiger partial charge in [0.05, 0.1) is 0 Å². The Morgan fingerprint density at radius 1 is 0.958 bits per heavy atom. The van der Waals surface area contributed by atoms with Gasteiger partial charge in [-0.15, -0.1) is 0 Å². The third-order valence-electron chi connectivity index (χ3n) is 5.08. The number of nitrogens with zero attached hydrogens (tertiary/aromatic N) is 1. The lowest BCUT2D eigenvalue weighted by atomic mass is 9.90. The molecule has 0 bridgehead atoms. The van der Waals surface area contributed by atoms with Gasteiger partial charge in [-0.1, -0.05) is 75.7 Å². The second-order valence-corrected chi connectivity index (χ2v) is 8.32. The van der Waals surface area contributed by atoms with Crippen molar-refractivity contribution in [3.8, 4) is 0 Å². The van der Waals surface area contributed by atoms with Crippen LogP contribution in [-0.4, -0.2) is 24.5 Å². The molecule has 3 rings (SSSR count). The van der Waals surface area contributed by atoms with Crippen LogP contribution in [0.5, 0.6) is 0 Å². The van der Waals surface area contributed by atoms with E-state index in [-0.39, 0.29) is 0 Å². The van der Waals surface area contributed by atoms with Gasteiger partial charge in [0.25, 0.3) is 0 Å². The van der Waals surface area contributed by atoms with Crippen LogP contribution in [0.2, 0.25) is 0 Å². The van der Waals surface area contributed by atoms with Crippen molar-refractivity contribution in [2.24, 2.45) is 5.41 Å². The molecule has 1 heteroatoms. The molecule has 0 unspecified atom stereocenters. The van der Waals surface area contributed by atoms with Crippen LogP contribution in [0.1, 0.15) is 52.0 Å². The first-order chi connectivity index (χ1) is 11.5. The summed E-state index contributed by atoms with van der Waals surface area (Å²) in [4.78, 5) is 2.61. The van der Waals surface area contributed by atoms with E-state index in [0.717, 1.165) is 6.54 Å². The molecule has 0 amide bonds. The van der Waals surface area contributed by atoms with E-state index in [9.17, 15) is 0 Å². The minimum Gasteiger partial charge on any atom is -0.299 e. The predicted octanol–water partition coefficient (Wildman–Crippen LogP) is 6.15. The summed E-state index contributed by atoms with van der Waals surface area (Å²) in [5.41, 5.74) is 3.43. The zero-order valence-corrected chi connectivity index (χ0v) is 15.5. The molecule has 2 aromatic carbocycles. The van der Waals surface area contributed by atoms with E-state index in [1.165, 1.54) is 60.7 Å². The van der Waals surface area contributed by atoms with Gasteiger partial charge >= 0.3 is 0 Å². The van der Waals surface area contributed by atoms with Gasteiger partial charge in [0.15, 0.2) is 0 Å². The maximum atomic E-state index is 2.61. The summed E-state index contributed by atoms with van der Waals surface area (Å²) in [6.07, 6.45) is 7.63. The number of unbranched alkanes of at least 4 members (excludes halogenated alkanes) is 1. The zero-order chi connectivity index (χ0) is 17.0. The lowest BCUT2D eigenvalue weighted by molar-refractivity contribution is 0.280. The highest BCUT2D eigenvalue weighted by atomic mass is 15.1. The van der Waals surface area contributed by atoms with Crippen LogP contribution < -0.4 is 0 Å². The lowest BCUT2D eigenvalue weighted by Gasteiger charge is -2.27. The van der Waals surface area contributed by atoms with Crippen LogP contribution in [0.25, 0.3) is 16.3 Å². The van der Waals surface area contributed by atoms with Crippen LogP contribution in [0, 0.1) is 5.41 Å². The van der Waals surface area contributed by atoms with Gasteiger partial charge in [-0.2, -0.15) is 0 Å². The van der Waals surface area contributed by atoms with Crippen molar-refractivity contribution in [2.45, 2.75) is 46.5 Å². The van der Waals surface area contributed by atoms with Gasteiger partial charge in [-0.3, -0.25) is 4.90 Å². The van der Waals surface area contributed by atoms with E-state index in [0.29, 0.717) is 5.41 Å². The van der Waals surface area contributed by atoms with Crippen molar-refractivity contribution in [3.63, 3.8) is 0 Å². The van der Waals surface area contributed by atoms with Crippen molar-refractivity contribution < 1.29 is 0 Å². The first-order valence-electron chi connectivity index (χ1n) is 9.42. The first kappa shape index (κ1) is 17.2. The molecule has 0 N–H and O–H groups in total. The Morgan fingerprint density at radius 2 is 1.75 bits per heavy atom. The minimum absolute atomic E-state index is 0.476. The van der Waals surface area contributed by atoms with Crippen molar-refractivity contribution in [3.05, 3.63) is 54.1 Å². The third kappa shape index (κ3) is 4.48. The maximum Gasteiger partial charge on any atom is 0.0169 e. The molecule has 0 atom stereocenters. The van der Waals surface area contributed by atoms with Crippen molar-refractivity contribution in [1.29, 1.82) is 0 Å². The number of fused-ring (bicyclic) bond motifs is 1. The van der Waals surface area contributed by atoms with Gasteiger partial charge in [0, 0.05) is 13.1 Å². The van der Waals surface area contributed by atoms with Crippen LogP contribution in [0.15, 0.2) is 48.5 Å². The number of hydrogen-bond donors (Lipinski definition) is 0. The summed E-state index contributed by atoms with van der Waals surface area (Å²) in [6, 6.07) is 15.4. The monoisotopic (exact) mass is 321 g/mol. The Balaban J connectivity index is 1.59. The summed E-state index contributed by atoms with van der Waals surface area (Å²) in [5.74, 6) is 0. The molecule has 128 valence electrons. The molecule has 0 aliphatic carbocycles. The smallest absolute Gasteiger partial charge is 0.0169 e. The molecule has 1 heterocycles. The topological polar surface area (TPSA) is 3.24 Å². The average molecular weight is 322 g/mol. The van der Waals surface area contributed by atoms with E-state index in [1.54, 1.807) is 0 Å². The summed E-state index contributed by atoms with van der Waals surface area (Å²) in [5, 5.41) is 2.74. The molecule has 0 saturated heterocycles. The normalized spacial score (nSPS) is 16.4. The number of benzene rings is 2. The summed E-state index contributed by atoms with van der Waals surface area (Å²) < 4.78 is 0. The molecule has 24 heavy (non-hydrogen) atoms. The molecule has 0 fully saturated rings. The van der Waals surface area contributed by atoms with E-state index >= 15 is 0 Å². The van der Waals surface area contributed by atoms with Crippen molar-refractivity contribution >= 4 is 16.3 Å². The Kier molecular flexibility index (Phi) is 5.40. The van der Waals surface area contributed by atoms with Crippen LogP contribution in [0.3, 0.4) is 0 Å². The highest BCUT2D eigenvalue weighted by molar-refractivity contribution is 5.94. The molecule has 0 saturated carbocycles. The largest absolute Gasteiger partial charge is 0.299 e. The van der Waals surface area contributed by atoms with E-state index < -0.39 is 0 Å². The van der Waals surface area contributed by atoms with Crippen LogP contribution in [-0.2, 0) is 0 Å². The molecule has 1 aliphatic heterocycles. The summed E-state index contributed by atoms with van der Waals surface area (Å²) >= 11 is 0. The Hall–Kier alpha value is -1.60. The molecule has 0 radical (unpaired) electrons. The van der Waals surface area contributed by atoms with E-state index in [2.05, 4.69) is 74.2 Å². The Bertz CT molecular complexity index is 700. The average Bonchev–Trinajstić information content (AvgIpc) is 2.58. The molecule has 0 aromatic heterocycles. The predicted molar refractivity (Wildman–Crippen MR) is 106 cm³/mol. The van der Waals surface area contributed by atoms with Gasteiger partial charge in [-0.25, -0.2) is 0 Å². The number of hydrogen-bond acceptors (Lipinski definition) is 1. The van der Waals surface area contributed by atoms with Gasteiger partial charge in [0.1, 0.15) is 0 Å². The minimum atomic E-state index is 0.476. The SMILES string of the molecule is CC(C)(C)CCCCN1CC=C(c2cccc3ccccc23)CC1. The Labute approximate surface area is 147 Å². The van der Waals surface area contributed by atoms with Gasteiger partial charge < -0.3 is 0 Å². The molecule has 0 spiro atoms. The molecular weight excluding hydrogens is 290 g/mol. The van der Waals surface area contributed by atoms with Crippen LogP contribution >= 0.6 is 0 Å². The van der Waals surface area contributed by atoms with E-state index in [1.807, 2.05) is 0 Å². The summed E-state index contributed by atoms with van der Waals surface area (Å²) in [6.45, 7) is 10.6. The van der Waals surface area contributed by atoms with Crippen LogP contribution in [0.4, 0.5) is 0 Å². The second kappa shape index (κ2) is 7.53. The van der Waals surface area contributed by atoms with Crippen molar-refractivity contribution in [2.75, 3.05) is 19.6 Å². The van der Waals surface area contributed by atoms with E-state index in [4.69, 9.17) is 0 Å². The lowest BCUT2D eigenvalue weighted by Crippen LogP contribution is -2.29. The second-order valence-electron chi connectivity index (χ2n) is 8.32. The van der Waals surface area contributed by atoms with Gasteiger partial charge in [0.2, 0.25) is 0 Å². The van der Waals surface area contributed by atoms with Crippen molar-refractivity contribution in [1.82, 2.24) is 4.90 Å². The molecule has 1 aliphatic rings. The fourth-order valence-corrected chi connectivity index (χ4v) is 3.66. The third-order valence-corrected chi connectivity index (χ3v) is 5.08. The number of rotatable bonds is 5. The quantitative estimate of drug-likeness (QED) is 0.597. The molecular formula is C23H31N. The maximum absolute atomic E-state index is 2.61. The Morgan fingerprint density at radius 3 is 2.50 bits per heavy atom. The molecule has 2 aromatic rings. The zero-order valence-electron chi connectivity index (χ0n) is 15.5. The molecule has 1 nitrogen and oxygen atoms in total. The standard InChI is InChI=1S/C23H31N/c1-23(2,3)15-6-7-16-24-17-13-20(14-18-24)22-12-8-10-19-9-4-5-11-21(19)22/h4-5,8-13H,6-7,14-18H2,1-3H3. The fourth-order valence-electron chi connectivity index (χ4n) is 3.66. The highest BCUT2D eigenvalue weighted by Crippen LogP contribution is 2.29. The first-order valence-corrected chi connectivity index (χ1v) is 9.42. The fraction of sp³-hybridized carbons (Fsp3) is 0.478. The van der Waals surface area contributed by atoms with Gasteiger partial charge in [-0.05, 0) is 53.1 Å².